The van der Waals surface area contributed by atoms with Gasteiger partial charge in [0.1, 0.15) is 5.76 Å². The number of halogens is 3. The molecule has 2 N–H and O–H groups in total. The van der Waals surface area contributed by atoms with Crippen LogP contribution in [-0.4, -0.2) is 29.2 Å². The molecule has 1 fully saturated rings. The normalized spacial score (nSPS) is 22.9. The van der Waals surface area contributed by atoms with Crippen molar-refractivity contribution in [1.29, 1.82) is 0 Å². The molecule has 1 aliphatic heterocycles. The quantitative estimate of drug-likeness (QED) is 0.296. The van der Waals surface area contributed by atoms with Crippen LogP contribution in [0.1, 0.15) is 47.0 Å². The van der Waals surface area contributed by atoms with Gasteiger partial charge in [0, 0.05) is 53.3 Å². The summed E-state index contributed by atoms with van der Waals surface area (Å²) in [6.45, 7) is 12.0. The molecule has 1 saturated carbocycles. The van der Waals surface area contributed by atoms with Gasteiger partial charge < -0.3 is 10.1 Å². The van der Waals surface area contributed by atoms with Crippen LogP contribution in [0.3, 0.4) is 0 Å². The van der Waals surface area contributed by atoms with Gasteiger partial charge in [0.2, 0.25) is 5.92 Å². The molecule has 29 heavy (non-hydrogen) atoms. The Morgan fingerprint density at radius 1 is 1.52 bits per heavy atom. The zero-order chi connectivity index (χ0) is 21.8. The SMILES string of the molecule is C=C/C(Cl)=C(\C=C1/CC=C(C(C)NSC(C)(C)C)C(=O)N1)OCC1CC(F)(F)C1. The number of allylic oxidation sites excluding steroid dienone is 4. The van der Waals surface area contributed by atoms with Crippen molar-refractivity contribution in [2.24, 2.45) is 5.92 Å². The first kappa shape index (κ1) is 24.0. The fraction of sp³-hybridized carbons (Fsp3) is 0.571. The molecule has 0 saturated heterocycles. The molecule has 8 heteroatoms. The summed E-state index contributed by atoms with van der Waals surface area (Å²) in [7, 11) is 0. The molecular formula is C21H29ClF2N2O2S. The Morgan fingerprint density at radius 3 is 2.69 bits per heavy atom. The lowest BCUT2D eigenvalue weighted by atomic mass is 9.82. The van der Waals surface area contributed by atoms with Crippen molar-refractivity contribution in [3.63, 3.8) is 0 Å². The van der Waals surface area contributed by atoms with Crippen LogP contribution in [0.25, 0.3) is 0 Å². The maximum absolute atomic E-state index is 13.0. The molecule has 0 aromatic rings. The van der Waals surface area contributed by atoms with Crippen molar-refractivity contribution in [3.8, 4) is 0 Å². The molecule has 0 spiro atoms. The molecule has 1 unspecified atom stereocenters. The number of rotatable bonds is 8. The first-order valence-corrected chi connectivity index (χ1v) is 10.8. The van der Waals surface area contributed by atoms with Crippen molar-refractivity contribution in [3.05, 3.63) is 46.9 Å². The average molecular weight is 447 g/mol. The zero-order valence-electron chi connectivity index (χ0n) is 17.3. The molecule has 0 aromatic heterocycles. The maximum atomic E-state index is 13.0. The van der Waals surface area contributed by atoms with Crippen LogP contribution in [-0.2, 0) is 9.53 Å². The first-order chi connectivity index (χ1) is 13.4. The van der Waals surface area contributed by atoms with Crippen LogP contribution in [0.4, 0.5) is 8.78 Å². The molecule has 162 valence electrons. The van der Waals surface area contributed by atoms with Crippen LogP contribution in [0.2, 0.25) is 0 Å². The number of nitrogens with one attached hydrogen (secondary N) is 2. The van der Waals surface area contributed by atoms with E-state index >= 15 is 0 Å². The van der Waals surface area contributed by atoms with E-state index in [0.717, 1.165) is 0 Å². The number of ether oxygens (including phenoxy) is 1. The second kappa shape index (κ2) is 9.67. The lowest BCUT2D eigenvalue weighted by molar-refractivity contribution is -0.123. The van der Waals surface area contributed by atoms with E-state index in [1.807, 2.05) is 13.0 Å². The summed E-state index contributed by atoms with van der Waals surface area (Å²) in [5.74, 6) is -2.66. The van der Waals surface area contributed by atoms with Gasteiger partial charge in [-0.3, -0.25) is 9.52 Å². The van der Waals surface area contributed by atoms with Crippen molar-refractivity contribution in [2.75, 3.05) is 6.61 Å². The number of hydrogen-bond donors (Lipinski definition) is 2. The molecule has 1 aliphatic carbocycles. The lowest BCUT2D eigenvalue weighted by Crippen LogP contribution is -2.38. The predicted molar refractivity (Wildman–Crippen MR) is 116 cm³/mol. The Labute approximate surface area is 181 Å². The van der Waals surface area contributed by atoms with Crippen molar-refractivity contribution in [1.82, 2.24) is 10.0 Å². The molecule has 0 aromatic carbocycles. The minimum Gasteiger partial charge on any atom is -0.492 e. The standard InChI is InChI=1S/C21H29ClF2N2O2S/c1-6-17(22)18(28-12-14-10-21(23,24)11-14)9-15-7-8-16(19(27)25-15)13(2)26-29-20(3,4)5/h6,8-9,13-14,26H,1,7,10-12H2,2-5H3,(H,25,27)/b15-9+,18-17-. The third kappa shape index (κ3) is 7.46. The summed E-state index contributed by atoms with van der Waals surface area (Å²) in [6, 6.07) is -0.107. The molecule has 0 radical (unpaired) electrons. The highest BCUT2D eigenvalue weighted by molar-refractivity contribution is 7.98. The molecule has 1 heterocycles. The molecular weight excluding hydrogens is 418 g/mol. The monoisotopic (exact) mass is 446 g/mol. The van der Waals surface area contributed by atoms with Gasteiger partial charge >= 0.3 is 0 Å². The topological polar surface area (TPSA) is 50.4 Å². The maximum Gasteiger partial charge on any atom is 0.252 e. The van der Waals surface area contributed by atoms with E-state index in [4.69, 9.17) is 16.3 Å². The number of carbonyl (C=O) groups is 1. The molecule has 1 atom stereocenters. The Kier molecular flexibility index (Phi) is 7.99. The lowest BCUT2D eigenvalue weighted by Gasteiger charge is -2.34. The summed E-state index contributed by atoms with van der Waals surface area (Å²) < 4.78 is 35.0. The second-order valence-electron chi connectivity index (χ2n) is 8.40. The molecule has 2 rings (SSSR count). The largest absolute Gasteiger partial charge is 0.492 e. The van der Waals surface area contributed by atoms with Crippen molar-refractivity contribution >= 4 is 29.5 Å². The minimum atomic E-state index is -2.59. The van der Waals surface area contributed by atoms with Crippen molar-refractivity contribution in [2.45, 2.75) is 63.7 Å². The van der Waals surface area contributed by atoms with Gasteiger partial charge in [0.05, 0.1) is 11.6 Å². The van der Waals surface area contributed by atoms with Gasteiger partial charge in [0.15, 0.2) is 0 Å². The average Bonchev–Trinajstić information content (AvgIpc) is 2.60. The molecule has 4 nitrogen and oxygen atoms in total. The van der Waals surface area contributed by atoms with Gasteiger partial charge in [-0.25, -0.2) is 8.78 Å². The Hall–Kier alpha value is -1.31. The highest BCUT2D eigenvalue weighted by atomic mass is 35.5. The molecule has 1 amide bonds. The minimum absolute atomic E-state index is 0.0356. The summed E-state index contributed by atoms with van der Waals surface area (Å²) in [6.07, 6.45) is 5.07. The van der Waals surface area contributed by atoms with Gasteiger partial charge in [-0.1, -0.05) is 36.2 Å². The van der Waals surface area contributed by atoms with Gasteiger partial charge in [0.25, 0.3) is 5.91 Å². The molecule has 2 aliphatic rings. The summed E-state index contributed by atoms with van der Waals surface area (Å²) in [4.78, 5) is 12.5. The smallest absolute Gasteiger partial charge is 0.252 e. The van der Waals surface area contributed by atoms with Crippen molar-refractivity contribution < 1.29 is 18.3 Å². The highest BCUT2D eigenvalue weighted by Gasteiger charge is 2.45. The number of carbonyl (C=O) groups excluding carboxylic acids is 1. The van der Waals surface area contributed by atoms with Crippen LogP contribution in [0, 0.1) is 5.92 Å². The summed E-state index contributed by atoms with van der Waals surface area (Å²) in [5, 5.41) is 3.13. The number of hydrogen-bond acceptors (Lipinski definition) is 4. The fourth-order valence-corrected chi connectivity index (χ4v) is 3.69. The van der Waals surface area contributed by atoms with Gasteiger partial charge in [-0.15, -0.1) is 0 Å². The van der Waals surface area contributed by atoms with E-state index in [1.165, 1.54) is 6.08 Å². The van der Waals surface area contributed by atoms with Gasteiger partial charge in [-0.05, 0) is 33.8 Å². The summed E-state index contributed by atoms with van der Waals surface area (Å²) >= 11 is 7.73. The van der Waals surface area contributed by atoms with Crippen LogP contribution < -0.4 is 10.0 Å². The third-order valence-corrected chi connectivity index (χ3v) is 5.88. The second-order valence-corrected chi connectivity index (χ2v) is 10.5. The highest BCUT2D eigenvalue weighted by Crippen LogP contribution is 2.42. The van der Waals surface area contributed by atoms with E-state index in [-0.39, 0.29) is 47.1 Å². The van der Waals surface area contributed by atoms with E-state index in [0.29, 0.717) is 23.5 Å². The third-order valence-electron chi connectivity index (χ3n) is 4.46. The Morgan fingerprint density at radius 2 is 2.17 bits per heavy atom. The van der Waals surface area contributed by atoms with Gasteiger partial charge in [-0.2, -0.15) is 0 Å². The fourth-order valence-electron chi connectivity index (χ4n) is 2.93. The van der Waals surface area contributed by atoms with E-state index < -0.39 is 5.92 Å². The number of alkyl halides is 2. The van der Waals surface area contributed by atoms with Crippen LogP contribution in [0.5, 0.6) is 0 Å². The van der Waals surface area contributed by atoms with Crippen LogP contribution >= 0.6 is 23.5 Å². The first-order valence-electron chi connectivity index (χ1n) is 9.58. The Balaban J connectivity index is 2.01. The number of amides is 1. The van der Waals surface area contributed by atoms with E-state index in [1.54, 1.807) is 18.0 Å². The van der Waals surface area contributed by atoms with E-state index in [9.17, 15) is 13.6 Å². The van der Waals surface area contributed by atoms with E-state index in [2.05, 4.69) is 37.4 Å². The van der Waals surface area contributed by atoms with Crippen LogP contribution in [0.15, 0.2) is 46.9 Å². The Bertz CT molecular complexity index is 733. The predicted octanol–water partition coefficient (Wildman–Crippen LogP) is 5.44. The summed E-state index contributed by atoms with van der Waals surface area (Å²) in [5.41, 5.74) is 1.29. The molecule has 0 bridgehead atoms. The zero-order valence-corrected chi connectivity index (χ0v) is 18.9.